The van der Waals surface area contributed by atoms with Crippen molar-refractivity contribution in [3.05, 3.63) is 17.7 Å². The van der Waals surface area contributed by atoms with Crippen LogP contribution in [0.15, 0.2) is 16.2 Å². The van der Waals surface area contributed by atoms with Gasteiger partial charge in [0.05, 0.1) is 0 Å². The van der Waals surface area contributed by atoms with Gasteiger partial charge in [-0.2, -0.15) is 0 Å². The van der Waals surface area contributed by atoms with Crippen molar-refractivity contribution >= 4 is 17.6 Å². The Kier molecular flexibility index (Phi) is 5.31. The third-order valence-electron chi connectivity index (χ3n) is 2.35. The van der Waals surface area contributed by atoms with Gasteiger partial charge in [0.2, 0.25) is 5.16 Å². The maximum atomic E-state index is 5.10. The molecule has 7 nitrogen and oxygen atoms in total. The number of aromatic amines is 1. The molecular formula is C12H18N6OS. The standard InChI is InChI=1S/C12H18N6OS/c1-4-5-13-9-6-11(16-10(15-9)7-19-3)20-12-14-8(2)17-18-12/h6H,4-5,7H2,1-3H3,(H,13,15,16)(H,14,17,18). The first kappa shape index (κ1) is 14.7. The van der Waals surface area contributed by atoms with Crippen molar-refractivity contribution in [2.45, 2.75) is 37.1 Å². The normalized spacial score (nSPS) is 10.8. The van der Waals surface area contributed by atoms with E-state index >= 15 is 0 Å². The predicted molar refractivity (Wildman–Crippen MR) is 76.8 cm³/mol. The van der Waals surface area contributed by atoms with Crippen LogP contribution in [-0.4, -0.2) is 38.8 Å². The highest BCUT2D eigenvalue weighted by Crippen LogP contribution is 2.24. The fourth-order valence-corrected chi connectivity index (χ4v) is 2.31. The molecule has 0 aliphatic rings. The summed E-state index contributed by atoms with van der Waals surface area (Å²) >= 11 is 1.40. The molecular weight excluding hydrogens is 276 g/mol. The molecule has 108 valence electrons. The molecule has 0 unspecified atom stereocenters. The molecule has 8 heteroatoms. The van der Waals surface area contributed by atoms with Crippen molar-refractivity contribution in [2.75, 3.05) is 19.0 Å². The van der Waals surface area contributed by atoms with Crippen molar-refractivity contribution in [1.29, 1.82) is 0 Å². The number of nitrogens with zero attached hydrogens (tertiary/aromatic N) is 4. The van der Waals surface area contributed by atoms with Gasteiger partial charge in [0.25, 0.3) is 0 Å². The van der Waals surface area contributed by atoms with Crippen LogP contribution in [0.2, 0.25) is 0 Å². The molecule has 2 heterocycles. The fraction of sp³-hybridized carbons (Fsp3) is 0.500. The number of nitrogens with one attached hydrogen (secondary N) is 2. The Bertz CT molecular complexity index is 559. The molecule has 0 bridgehead atoms. The molecule has 0 saturated carbocycles. The maximum absolute atomic E-state index is 5.10. The summed E-state index contributed by atoms with van der Waals surface area (Å²) in [6.45, 7) is 5.22. The van der Waals surface area contributed by atoms with E-state index in [1.165, 1.54) is 11.8 Å². The monoisotopic (exact) mass is 294 g/mol. The van der Waals surface area contributed by atoms with E-state index in [2.05, 4.69) is 37.4 Å². The van der Waals surface area contributed by atoms with Crippen LogP contribution in [0, 0.1) is 6.92 Å². The molecule has 2 rings (SSSR count). The van der Waals surface area contributed by atoms with Gasteiger partial charge in [0.1, 0.15) is 23.3 Å². The number of aryl methyl sites for hydroxylation is 1. The number of methoxy groups -OCH3 is 1. The van der Waals surface area contributed by atoms with Gasteiger partial charge in [-0.3, -0.25) is 5.10 Å². The smallest absolute Gasteiger partial charge is 0.214 e. The zero-order valence-corrected chi connectivity index (χ0v) is 12.6. The highest BCUT2D eigenvalue weighted by molar-refractivity contribution is 7.99. The van der Waals surface area contributed by atoms with Gasteiger partial charge in [-0.1, -0.05) is 6.92 Å². The molecule has 2 N–H and O–H groups in total. The summed E-state index contributed by atoms with van der Waals surface area (Å²) in [6.07, 6.45) is 1.03. The Morgan fingerprint density at radius 2 is 2.20 bits per heavy atom. The van der Waals surface area contributed by atoms with Gasteiger partial charge < -0.3 is 10.1 Å². The van der Waals surface area contributed by atoms with Gasteiger partial charge in [0, 0.05) is 19.7 Å². The molecule has 0 spiro atoms. The molecule has 0 aromatic carbocycles. The zero-order chi connectivity index (χ0) is 14.4. The minimum absolute atomic E-state index is 0.377. The lowest BCUT2D eigenvalue weighted by molar-refractivity contribution is 0.177. The number of hydrogen-bond donors (Lipinski definition) is 2. The third kappa shape index (κ3) is 4.17. The minimum Gasteiger partial charge on any atom is -0.377 e. The molecule has 0 atom stereocenters. The van der Waals surface area contributed by atoms with E-state index in [4.69, 9.17) is 4.74 Å². The van der Waals surface area contributed by atoms with Crippen molar-refractivity contribution in [1.82, 2.24) is 25.1 Å². The second-order valence-corrected chi connectivity index (χ2v) is 5.16. The number of anilines is 1. The van der Waals surface area contributed by atoms with Crippen molar-refractivity contribution < 1.29 is 4.74 Å². The highest BCUT2D eigenvalue weighted by Gasteiger charge is 2.09. The first-order valence-corrected chi connectivity index (χ1v) is 7.20. The van der Waals surface area contributed by atoms with E-state index in [9.17, 15) is 0 Å². The van der Waals surface area contributed by atoms with Gasteiger partial charge in [-0.15, -0.1) is 5.10 Å². The molecule has 0 aliphatic carbocycles. The van der Waals surface area contributed by atoms with Crippen LogP contribution in [0.3, 0.4) is 0 Å². The van der Waals surface area contributed by atoms with Gasteiger partial charge in [-0.25, -0.2) is 15.0 Å². The van der Waals surface area contributed by atoms with Crippen LogP contribution in [0.5, 0.6) is 0 Å². The first-order valence-electron chi connectivity index (χ1n) is 6.39. The van der Waals surface area contributed by atoms with Crippen LogP contribution < -0.4 is 5.32 Å². The summed E-state index contributed by atoms with van der Waals surface area (Å²) in [5.41, 5.74) is 0. The maximum Gasteiger partial charge on any atom is 0.214 e. The number of hydrogen-bond acceptors (Lipinski definition) is 7. The van der Waals surface area contributed by atoms with E-state index in [0.29, 0.717) is 17.6 Å². The predicted octanol–water partition coefficient (Wildman–Crippen LogP) is 2.02. The van der Waals surface area contributed by atoms with Crippen LogP contribution in [0.1, 0.15) is 25.0 Å². The number of rotatable bonds is 7. The molecule has 0 amide bonds. The van der Waals surface area contributed by atoms with Crippen molar-refractivity contribution in [2.24, 2.45) is 0 Å². The Morgan fingerprint density at radius 3 is 2.85 bits per heavy atom. The zero-order valence-electron chi connectivity index (χ0n) is 11.8. The van der Waals surface area contributed by atoms with Gasteiger partial charge in [-0.05, 0) is 25.1 Å². The van der Waals surface area contributed by atoms with Crippen molar-refractivity contribution in [3.63, 3.8) is 0 Å². The number of H-pyrrole nitrogens is 1. The fourth-order valence-electron chi connectivity index (χ4n) is 1.52. The number of ether oxygens (including phenoxy) is 1. The average Bonchev–Trinajstić information content (AvgIpc) is 2.82. The summed E-state index contributed by atoms with van der Waals surface area (Å²) in [5, 5.41) is 11.6. The average molecular weight is 294 g/mol. The largest absolute Gasteiger partial charge is 0.377 e. The molecule has 2 aromatic rings. The Morgan fingerprint density at radius 1 is 1.35 bits per heavy atom. The summed E-state index contributed by atoms with van der Waals surface area (Å²) in [5.74, 6) is 2.22. The van der Waals surface area contributed by atoms with Crippen LogP contribution in [0.4, 0.5) is 5.82 Å². The van der Waals surface area contributed by atoms with E-state index in [1.807, 2.05) is 13.0 Å². The van der Waals surface area contributed by atoms with Gasteiger partial charge in [0.15, 0.2) is 5.82 Å². The van der Waals surface area contributed by atoms with E-state index in [0.717, 1.165) is 29.6 Å². The Balaban J connectivity index is 2.18. The minimum atomic E-state index is 0.377. The molecule has 0 radical (unpaired) electrons. The van der Waals surface area contributed by atoms with Crippen molar-refractivity contribution in [3.8, 4) is 0 Å². The van der Waals surface area contributed by atoms with Gasteiger partial charge >= 0.3 is 0 Å². The first-order chi connectivity index (χ1) is 9.71. The Labute approximate surface area is 122 Å². The number of aromatic nitrogens is 5. The molecule has 2 aromatic heterocycles. The Hall–Kier alpha value is -1.67. The molecule has 0 fully saturated rings. The molecule has 20 heavy (non-hydrogen) atoms. The lowest BCUT2D eigenvalue weighted by Gasteiger charge is -2.08. The van der Waals surface area contributed by atoms with E-state index in [-0.39, 0.29) is 0 Å². The summed E-state index contributed by atoms with van der Waals surface area (Å²) in [7, 11) is 1.63. The second kappa shape index (κ2) is 7.20. The summed E-state index contributed by atoms with van der Waals surface area (Å²) in [4.78, 5) is 13.1. The topological polar surface area (TPSA) is 88.6 Å². The lowest BCUT2D eigenvalue weighted by Crippen LogP contribution is -2.06. The van der Waals surface area contributed by atoms with E-state index in [1.54, 1.807) is 7.11 Å². The SMILES string of the molecule is CCCNc1cc(Sc2n[nH]c(C)n2)nc(COC)n1. The molecule has 0 saturated heterocycles. The quantitative estimate of drug-likeness (QED) is 0.755. The third-order valence-corrected chi connectivity index (χ3v) is 3.13. The van der Waals surface area contributed by atoms with E-state index < -0.39 is 0 Å². The van der Waals surface area contributed by atoms with Crippen LogP contribution >= 0.6 is 11.8 Å². The summed E-state index contributed by atoms with van der Waals surface area (Å²) in [6, 6.07) is 1.89. The lowest BCUT2D eigenvalue weighted by atomic mass is 10.4. The van der Waals surface area contributed by atoms with Crippen LogP contribution in [0.25, 0.3) is 0 Å². The van der Waals surface area contributed by atoms with Crippen LogP contribution in [-0.2, 0) is 11.3 Å². The molecule has 0 aliphatic heterocycles. The second-order valence-electron chi connectivity index (χ2n) is 4.17. The summed E-state index contributed by atoms with van der Waals surface area (Å²) < 4.78 is 5.10. The highest BCUT2D eigenvalue weighted by atomic mass is 32.2.